The number of halogens is 4. The van der Waals surface area contributed by atoms with Crippen molar-refractivity contribution < 1.29 is 36.9 Å². The summed E-state index contributed by atoms with van der Waals surface area (Å²) in [4.78, 5) is 14.2. The van der Waals surface area contributed by atoms with Crippen LogP contribution in [0.3, 0.4) is 0 Å². The third-order valence-corrected chi connectivity index (χ3v) is 2.02. The molecule has 0 aliphatic heterocycles. The molecule has 1 heterocycles. The molecule has 0 fully saturated rings. The normalized spacial score (nSPS) is 11.2. The molecule has 1 aromatic rings. The molecular weight excluding hydrogens is 274 g/mol. The van der Waals surface area contributed by atoms with E-state index in [0.717, 1.165) is 13.2 Å². The minimum Gasteiger partial charge on any atom is -0.506 e. The fourth-order valence-corrected chi connectivity index (χ4v) is 1.21. The van der Waals surface area contributed by atoms with Crippen molar-refractivity contribution in [2.45, 2.75) is 19.5 Å². The highest BCUT2D eigenvalue weighted by molar-refractivity contribution is 5.73. The molecule has 1 N–H and O–H groups in total. The van der Waals surface area contributed by atoms with Crippen LogP contribution in [0, 0.1) is 0 Å². The van der Waals surface area contributed by atoms with E-state index in [4.69, 9.17) is 0 Å². The number of aromatic hydroxyl groups is 1. The summed E-state index contributed by atoms with van der Waals surface area (Å²) in [6.07, 6.45) is -5.66. The Balaban J connectivity index is 3.18. The van der Waals surface area contributed by atoms with Crippen molar-refractivity contribution in [2.75, 3.05) is 7.11 Å². The second kappa shape index (κ2) is 5.72. The molecule has 0 saturated carbocycles. The molecule has 0 aromatic carbocycles. The zero-order chi connectivity index (χ0) is 14.6. The average Bonchev–Trinajstić information content (AvgIpc) is 2.30. The number of pyridine rings is 1. The van der Waals surface area contributed by atoms with Crippen LogP contribution >= 0.6 is 0 Å². The second-order valence-corrected chi connectivity index (χ2v) is 3.35. The van der Waals surface area contributed by atoms with Gasteiger partial charge in [-0.1, -0.05) is 0 Å². The van der Waals surface area contributed by atoms with Crippen molar-refractivity contribution in [2.24, 2.45) is 0 Å². The highest BCUT2D eigenvalue weighted by Crippen LogP contribution is 2.30. The van der Waals surface area contributed by atoms with Crippen molar-refractivity contribution in [3.05, 3.63) is 17.3 Å². The molecule has 0 aliphatic rings. The number of nitrogens with zero attached hydrogens (tertiary/aromatic N) is 1. The summed E-state index contributed by atoms with van der Waals surface area (Å²) in [5.74, 6) is -2.53. The lowest BCUT2D eigenvalue weighted by molar-refractivity contribution is -0.276. The summed E-state index contributed by atoms with van der Waals surface area (Å²) in [6.45, 7) is -1.28. The van der Waals surface area contributed by atoms with Crippen LogP contribution in [0.4, 0.5) is 17.6 Å². The highest BCUT2D eigenvalue weighted by Gasteiger charge is 2.33. The van der Waals surface area contributed by atoms with E-state index < -0.39 is 42.8 Å². The topological polar surface area (TPSA) is 68.7 Å². The van der Waals surface area contributed by atoms with Crippen LogP contribution in [0.25, 0.3) is 0 Å². The molecule has 5 nitrogen and oxygen atoms in total. The SMILES string of the molecule is COC(=O)Cc1cc(O)c(CF)nc1OC(F)(F)F. The van der Waals surface area contributed by atoms with Crippen LogP contribution in [0.5, 0.6) is 11.6 Å². The van der Waals surface area contributed by atoms with Crippen LogP contribution in [-0.2, 0) is 22.6 Å². The van der Waals surface area contributed by atoms with E-state index in [2.05, 4.69) is 14.5 Å². The van der Waals surface area contributed by atoms with Gasteiger partial charge in [0.15, 0.2) is 0 Å². The Bertz CT molecular complexity index is 475. The van der Waals surface area contributed by atoms with E-state index in [1.54, 1.807) is 0 Å². The number of esters is 1. The Morgan fingerprint density at radius 1 is 1.47 bits per heavy atom. The number of rotatable bonds is 4. The predicted octanol–water partition coefficient (Wildman–Crippen LogP) is 1.87. The van der Waals surface area contributed by atoms with Gasteiger partial charge in [-0.15, -0.1) is 13.2 Å². The summed E-state index contributed by atoms with van der Waals surface area (Å²) >= 11 is 0. The van der Waals surface area contributed by atoms with Gasteiger partial charge < -0.3 is 14.6 Å². The first-order chi connectivity index (χ1) is 8.76. The van der Waals surface area contributed by atoms with Gasteiger partial charge in [-0.3, -0.25) is 4.79 Å². The largest absolute Gasteiger partial charge is 0.574 e. The molecule has 0 bridgehead atoms. The van der Waals surface area contributed by atoms with Crippen LogP contribution in [-0.4, -0.2) is 29.5 Å². The van der Waals surface area contributed by atoms with Gasteiger partial charge in [-0.2, -0.15) is 0 Å². The first-order valence-corrected chi connectivity index (χ1v) is 4.87. The number of carbonyl (C=O) groups is 1. The lowest BCUT2D eigenvalue weighted by atomic mass is 10.1. The summed E-state index contributed by atoms with van der Waals surface area (Å²) in [5.41, 5.74) is -0.980. The van der Waals surface area contributed by atoms with Crippen molar-refractivity contribution >= 4 is 5.97 Å². The van der Waals surface area contributed by atoms with Crippen molar-refractivity contribution in [1.29, 1.82) is 0 Å². The molecule has 0 amide bonds. The van der Waals surface area contributed by atoms with Crippen LogP contribution in [0.15, 0.2) is 6.07 Å². The Morgan fingerprint density at radius 2 is 2.11 bits per heavy atom. The maximum absolute atomic E-state index is 12.4. The average molecular weight is 283 g/mol. The molecular formula is C10H9F4NO4. The van der Waals surface area contributed by atoms with E-state index in [-0.39, 0.29) is 5.56 Å². The molecule has 1 rings (SSSR count). The smallest absolute Gasteiger partial charge is 0.506 e. The third kappa shape index (κ3) is 4.27. The summed E-state index contributed by atoms with van der Waals surface area (Å²) in [6, 6.07) is 0.778. The number of ether oxygens (including phenoxy) is 2. The lowest BCUT2D eigenvalue weighted by Gasteiger charge is -2.13. The molecule has 19 heavy (non-hydrogen) atoms. The zero-order valence-electron chi connectivity index (χ0n) is 9.62. The molecule has 0 atom stereocenters. The zero-order valence-corrected chi connectivity index (χ0v) is 9.62. The number of methoxy groups -OCH3 is 1. The standard InChI is InChI=1S/C10H9F4NO4/c1-18-8(17)3-5-2-7(16)6(4-11)15-9(5)19-10(12,13)14/h2,16H,3-4H2,1H3. The van der Waals surface area contributed by atoms with E-state index in [1.165, 1.54) is 0 Å². The van der Waals surface area contributed by atoms with Crippen LogP contribution in [0.2, 0.25) is 0 Å². The number of carbonyl (C=O) groups excluding carboxylic acids is 1. The minimum absolute atomic E-state index is 0.362. The van der Waals surface area contributed by atoms with Crippen molar-refractivity contribution in [3.63, 3.8) is 0 Å². The summed E-state index contributed by atoms with van der Waals surface area (Å²) < 4.78 is 56.7. The number of aromatic nitrogens is 1. The van der Waals surface area contributed by atoms with E-state index >= 15 is 0 Å². The number of hydrogen-bond donors (Lipinski definition) is 1. The van der Waals surface area contributed by atoms with Gasteiger partial charge in [-0.05, 0) is 6.07 Å². The van der Waals surface area contributed by atoms with E-state index in [0.29, 0.717) is 0 Å². The number of alkyl halides is 4. The quantitative estimate of drug-likeness (QED) is 0.675. The van der Waals surface area contributed by atoms with Crippen molar-refractivity contribution in [1.82, 2.24) is 4.98 Å². The van der Waals surface area contributed by atoms with Crippen molar-refractivity contribution in [3.8, 4) is 11.6 Å². The van der Waals surface area contributed by atoms with Gasteiger partial charge in [-0.25, -0.2) is 9.37 Å². The lowest BCUT2D eigenvalue weighted by Crippen LogP contribution is -2.20. The summed E-state index contributed by atoms with van der Waals surface area (Å²) in [7, 11) is 1.04. The molecule has 1 aromatic heterocycles. The van der Waals surface area contributed by atoms with Crippen LogP contribution in [0.1, 0.15) is 11.3 Å². The summed E-state index contributed by atoms with van der Waals surface area (Å²) in [5, 5.41) is 9.31. The first-order valence-electron chi connectivity index (χ1n) is 4.87. The van der Waals surface area contributed by atoms with E-state index in [1.807, 2.05) is 0 Å². The molecule has 0 aliphatic carbocycles. The first kappa shape index (κ1) is 15.0. The molecule has 0 spiro atoms. The molecule has 9 heteroatoms. The fraction of sp³-hybridized carbons (Fsp3) is 0.400. The van der Waals surface area contributed by atoms with Gasteiger partial charge in [0.1, 0.15) is 18.1 Å². The van der Waals surface area contributed by atoms with Gasteiger partial charge in [0.2, 0.25) is 5.88 Å². The maximum Gasteiger partial charge on any atom is 0.574 e. The molecule has 0 saturated heterocycles. The third-order valence-electron chi connectivity index (χ3n) is 2.02. The Hall–Kier alpha value is -2.06. The minimum atomic E-state index is -5.05. The van der Waals surface area contributed by atoms with Crippen LogP contribution < -0.4 is 4.74 Å². The molecule has 0 unspecified atom stereocenters. The second-order valence-electron chi connectivity index (χ2n) is 3.35. The molecule has 106 valence electrons. The fourth-order valence-electron chi connectivity index (χ4n) is 1.21. The van der Waals surface area contributed by atoms with Gasteiger partial charge in [0.25, 0.3) is 0 Å². The number of hydrogen-bond acceptors (Lipinski definition) is 5. The van der Waals surface area contributed by atoms with E-state index in [9.17, 15) is 27.5 Å². The highest BCUT2D eigenvalue weighted by atomic mass is 19.4. The monoisotopic (exact) mass is 283 g/mol. The molecule has 0 radical (unpaired) electrons. The predicted molar refractivity (Wildman–Crippen MR) is 53.1 cm³/mol. The Labute approximate surface area is 104 Å². The Kier molecular flexibility index (Phi) is 4.52. The Morgan fingerprint density at radius 3 is 2.58 bits per heavy atom. The maximum atomic E-state index is 12.4. The van der Waals surface area contributed by atoms with Gasteiger partial charge in [0.05, 0.1) is 13.5 Å². The van der Waals surface area contributed by atoms with Gasteiger partial charge >= 0.3 is 12.3 Å². The van der Waals surface area contributed by atoms with Gasteiger partial charge in [0, 0.05) is 5.56 Å².